The summed E-state index contributed by atoms with van der Waals surface area (Å²) < 4.78 is 31.0. The van der Waals surface area contributed by atoms with Crippen molar-refractivity contribution in [2.75, 3.05) is 19.7 Å². The summed E-state index contributed by atoms with van der Waals surface area (Å²) in [6, 6.07) is -1.31. The minimum absolute atomic E-state index is 0.00868. The quantitative estimate of drug-likeness (QED) is 0.0912. The SMILES string of the molecule is CCC1CC(C(=O)NCCNC(=O)c2nc(C)cs2)C[C@@H](O[C@@H]2O[C@@H](CO)C(O)C(O[C@@H](CC3CCCCC3)C(=O)O)C2NC(C)=O)C1OC1O[C@@H](C)[C@H](O)C(O)[C@@H]1O. The fourth-order valence-electron chi connectivity index (χ4n) is 8.62. The van der Waals surface area contributed by atoms with Crippen LogP contribution in [0.15, 0.2) is 5.38 Å². The summed E-state index contributed by atoms with van der Waals surface area (Å²) in [4.78, 5) is 55.7. The van der Waals surface area contributed by atoms with Crippen molar-refractivity contribution in [1.29, 1.82) is 0 Å². The Labute approximate surface area is 347 Å². The molecule has 334 valence electrons. The van der Waals surface area contributed by atoms with Crippen molar-refractivity contribution >= 4 is 35.0 Å². The highest BCUT2D eigenvalue weighted by Gasteiger charge is 2.53. The van der Waals surface area contributed by atoms with Crippen molar-refractivity contribution in [3.05, 3.63) is 16.1 Å². The summed E-state index contributed by atoms with van der Waals surface area (Å²) >= 11 is 1.21. The Hall–Kier alpha value is -2.89. The molecule has 2 aliphatic carbocycles. The molecule has 0 aromatic carbocycles. The summed E-state index contributed by atoms with van der Waals surface area (Å²) in [6.45, 7) is 5.88. The molecule has 2 saturated heterocycles. The summed E-state index contributed by atoms with van der Waals surface area (Å²) in [5, 5.41) is 74.2. The molecule has 19 nitrogen and oxygen atoms in total. The Balaban J connectivity index is 1.39. The fraction of sp³-hybridized carbons (Fsp3) is 0.821. The van der Waals surface area contributed by atoms with Crippen molar-refractivity contribution < 1.29 is 73.5 Å². The van der Waals surface area contributed by atoms with E-state index >= 15 is 0 Å². The van der Waals surface area contributed by atoms with Crippen molar-refractivity contribution in [3.63, 3.8) is 0 Å². The summed E-state index contributed by atoms with van der Waals surface area (Å²) in [7, 11) is 0. The van der Waals surface area contributed by atoms with Crippen molar-refractivity contribution in [1.82, 2.24) is 20.9 Å². The zero-order chi connectivity index (χ0) is 43.0. The van der Waals surface area contributed by atoms with E-state index in [2.05, 4.69) is 20.9 Å². The monoisotopic (exact) mass is 858 g/mol. The molecule has 0 spiro atoms. The van der Waals surface area contributed by atoms with Gasteiger partial charge in [0.1, 0.15) is 42.7 Å². The van der Waals surface area contributed by atoms with Gasteiger partial charge in [0.15, 0.2) is 23.7 Å². The lowest BCUT2D eigenvalue weighted by atomic mass is 9.75. The number of hydrogen-bond acceptors (Lipinski definition) is 16. The van der Waals surface area contributed by atoms with E-state index in [0.717, 1.165) is 37.8 Å². The van der Waals surface area contributed by atoms with Crippen LogP contribution in [-0.4, -0.2) is 159 Å². The Morgan fingerprint density at radius 1 is 0.932 bits per heavy atom. The number of rotatable bonds is 17. The number of thiazole rings is 1. The number of aliphatic hydroxyl groups excluding tert-OH is 5. The molecule has 8 unspecified atom stereocenters. The maximum Gasteiger partial charge on any atom is 0.332 e. The number of aliphatic hydroxyl groups is 5. The van der Waals surface area contributed by atoms with Gasteiger partial charge in [0.05, 0.1) is 24.9 Å². The summed E-state index contributed by atoms with van der Waals surface area (Å²) in [5.74, 6) is -3.59. The van der Waals surface area contributed by atoms with Gasteiger partial charge in [0.2, 0.25) is 11.8 Å². The van der Waals surface area contributed by atoms with Crippen LogP contribution in [0.4, 0.5) is 0 Å². The van der Waals surface area contributed by atoms with E-state index in [4.69, 9.17) is 23.7 Å². The first-order chi connectivity index (χ1) is 28.1. The molecule has 1 aromatic rings. The van der Waals surface area contributed by atoms with Gasteiger partial charge in [-0.1, -0.05) is 45.4 Å². The van der Waals surface area contributed by atoms with Gasteiger partial charge in [-0.05, 0) is 44.9 Å². The second-order valence-electron chi connectivity index (χ2n) is 16.2. The number of carboxylic acid groups (broad SMARTS) is 1. The van der Waals surface area contributed by atoms with Gasteiger partial charge < -0.3 is 70.3 Å². The van der Waals surface area contributed by atoms with Crippen molar-refractivity contribution in [2.24, 2.45) is 17.8 Å². The van der Waals surface area contributed by atoms with Crippen molar-refractivity contribution in [3.8, 4) is 0 Å². The molecule has 59 heavy (non-hydrogen) atoms. The molecular weight excluding hydrogens is 797 g/mol. The van der Waals surface area contributed by atoms with Crippen LogP contribution >= 0.6 is 11.3 Å². The number of amides is 3. The minimum atomic E-state index is -1.66. The molecule has 1 aromatic heterocycles. The van der Waals surface area contributed by atoms with E-state index in [0.29, 0.717) is 11.4 Å². The molecule has 9 N–H and O–H groups in total. The van der Waals surface area contributed by atoms with Crippen LogP contribution in [0.1, 0.15) is 94.1 Å². The van der Waals surface area contributed by atoms with Crippen LogP contribution < -0.4 is 16.0 Å². The normalized spacial score (nSPS) is 36.0. The third-order valence-electron chi connectivity index (χ3n) is 11.9. The molecule has 20 heteroatoms. The van der Waals surface area contributed by atoms with E-state index in [-0.39, 0.29) is 50.1 Å². The first-order valence-electron chi connectivity index (χ1n) is 20.7. The number of aliphatic carboxylic acids is 1. The van der Waals surface area contributed by atoms with E-state index in [1.54, 1.807) is 12.3 Å². The second kappa shape index (κ2) is 21.8. The molecule has 4 fully saturated rings. The average molecular weight is 859 g/mol. The predicted octanol–water partition coefficient (Wildman–Crippen LogP) is -0.277. The standard InChI is InChI=1S/C39H62N4O15S/c1-5-22-14-23(34(50)40-11-12-41-35(51)36-42-18(2)17-59-36)15-24(32(22)58-39-31(49)30(48)28(46)19(3)54-39)56-38-27(43-20(4)45)33(29(47)26(16-44)57-38)55-25(37(52)53)13-21-9-7-6-8-10-21/h17,19,21-33,38-39,44,46-49H,5-16H2,1-4H3,(H,40,50)(H,41,51)(H,43,45)(H,52,53)/t19-,22?,23?,24+,25-,26-,27?,28-,29?,30?,31-,32?,33?,38+,39?/m0/s1. The lowest BCUT2D eigenvalue weighted by Crippen LogP contribution is -2.67. The molecule has 2 saturated carbocycles. The Bertz CT molecular complexity index is 1550. The topological polar surface area (TPSA) is 285 Å². The maximum atomic E-state index is 13.8. The predicted molar refractivity (Wildman–Crippen MR) is 208 cm³/mol. The van der Waals surface area contributed by atoms with Gasteiger partial charge in [-0.25, -0.2) is 9.78 Å². The van der Waals surface area contributed by atoms with Gasteiger partial charge in [0.25, 0.3) is 5.91 Å². The smallest absolute Gasteiger partial charge is 0.332 e. The van der Waals surface area contributed by atoms with Gasteiger partial charge in [0, 0.05) is 37.0 Å². The third kappa shape index (κ3) is 12.2. The molecule has 3 amide bonds. The van der Waals surface area contributed by atoms with E-state index in [1.807, 2.05) is 6.92 Å². The van der Waals surface area contributed by atoms with E-state index in [9.17, 15) is 49.8 Å². The van der Waals surface area contributed by atoms with E-state index < -0.39 is 110 Å². The number of aryl methyl sites for hydroxylation is 1. The highest BCUT2D eigenvalue weighted by Crippen LogP contribution is 2.40. The summed E-state index contributed by atoms with van der Waals surface area (Å²) in [6.07, 6.45) is -10.7. The Kier molecular flexibility index (Phi) is 17.4. The lowest BCUT2D eigenvalue weighted by Gasteiger charge is -2.49. The van der Waals surface area contributed by atoms with Crippen molar-refractivity contribution in [2.45, 2.75) is 165 Å². The number of hydrogen-bond donors (Lipinski definition) is 9. The number of carbonyl (C=O) groups is 4. The number of carboxylic acids is 1. The highest BCUT2D eigenvalue weighted by molar-refractivity contribution is 7.11. The molecule has 4 aliphatic rings. The molecule has 15 atom stereocenters. The number of ether oxygens (including phenoxy) is 5. The van der Waals surface area contributed by atoms with Crippen LogP contribution in [0.5, 0.6) is 0 Å². The molecule has 0 bridgehead atoms. The molecule has 2 aliphatic heterocycles. The largest absolute Gasteiger partial charge is 0.479 e. The molecular formula is C39H62N4O15S. The molecule has 3 heterocycles. The average Bonchev–Trinajstić information content (AvgIpc) is 3.66. The Morgan fingerprint density at radius 3 is 2.27 bits per heavy atom. The first kappa shape index (κ1) is 47.2. The zero-order valence-corrected chi connectivity index (χ0v) is 34.8. The highest BCUT2D eigenvalue weighted by atomic mass is 32.1. The van der Waals surface area contributed by atoms with Gasteiger partial charge >= 0.3 is 5.97 Å². The Morgan fingerprint density at radius 2 is 1.64 bits per heavy atom. The lowest BCUT2D eigenvalue weighted by molar-refractivity contribution is -0.338. The molecule has 5 rings (SSSR count). The number of carbonyl (C=O) groups excluding carboxylic acids is 3. The van der Waals surface area contributed by atoms with Gasteiger partial charge in [-0.15, -0.1) is 11.3 Å². The maximum absolute atomic E-state index is 13.8. The second-order valence-corrected chi connectivity index (χ2v) is 17.1. The fourth-order valence-corrected chi connectivity index (χ4v) is 9.33. The third-order valence-corrected chi connectivity index (χ3v) is 12.8. The van der Waals surface area contributed by atoms with Crippen LogP contribution in [0.3, 0.4) is 0 Å². The number of nitrogens with zero attached hydrogens (tertiary/aromatic N) is 1. The van der Waals surface area contributed by atoms with Crippen LogP contribution in [0.25, 0.3) is 0 Å². The van der Waals surface area contributed by atoms with Crippen LogP contribution in [-0.2, 0) is 38.1 Å². The number of nitrogens with one attached hydrogen (secondary N) is 3. The minimum Gasteiger partial charge on any atom is -0.479 e. The number of aromatic nitrogens is 1. The van der Waals surface area contributed by atoms with E-state index in [1.165, 1.54) is 25.2 Å². The van der Waals surface area contributed by atoms with Gasteiger partial charge in [-0.3, -0.25) is 14.4 Å². The van der Waals surface area contributed by atoms with Crippen LogP contribution in [0.2, 0.25) is 0 Å². The first-order valence-corrected chi connectivity index (χ1v) is 21.6. The van der Waals surface area contributed by atoms with Gasteiger partial charge in [-0.2, -0.15) is 0 Å². The molecule has 0 radical (unpaired) electrons. The zero-order valence-electron chi connectivity index (χ0n) is 34.0. The summed E-state index contributed by atoms with van der Waals surface area (Å²) in [5.41, 5.74) is 0.718. The van der Waals surface area contributed by atoms with Crippen LogP contribution in [0, 0.1) is 24.7 Å².